The van der Waals surface area contributed by atoms with Gasteiger partial charge >= 0.3 is 0 Å². The van der Waals surface area contributed by atoms with Crippen LogP contribution in [0.1, 0.15) is 24.9 Å². The molecule has 1 aliphatic carbocycles. The van der Waals surface area contributed by atoms with Gasteiger partial charge in [-0.1, -0.05) is 84.9 Å². The summed E-state index contributed by atoms with van der Waals surface area (Å²) in [6, 6.07) is 36.2. The SMILES string of the molecule is C1=CC(n2c3ccccc3c3ccccc32)C[C@H](n2c3ccccc3c3ccccc32)C1. The quantitative estimate of drug-likeness (QED) is 0.255. The van der Waals surface area contributed by atoms with Crippen molar-refractivity contribution in [2.75, 3.05) is 0 Å². The number of para-hydroxylation sites is 4. The predicted molar refractivity (Wildman–Crippen MR) is 135 cm³/mol. The molecule has 2 heteroatoms. The number of allylic oxidation sites excluding steroid dienone is 2. The van der Waals surface area contributed by atoms with E-state index in [0.717, 1.165) is 12.8 Å². The van der Waals surface area contributed by atoms with Gasteiger partial charge in [0.05, 0.1) is 6.04 Å². The Hall–Kier alpha value is -3.78. The van der Waals surface area contributed by atoms with E-state index < -0.39 is 0 Å². The Labute approximate surface area is 187 Å². The highest BCUT2D eigenvalue weighted by Crippen LogP contribution is 2.41. The Morgan fingerprint density at radius 1 is 0.500 bits per heavy atom. The molecular weight excluding hydrogens is 388 g/mol. The second-order valence-corrected chi connectivity index (χ2v) is 8.93. The molecule has 0 saturated carbocycles. The molecule has 0 amide bonds. The molecule has 2 heterocycles. The fourth-order valence-corrected chi connectivity index (χ4v) is 5.90. The Morgan fingerprint density at radius 3 is 1.38 bits per heavy atom. The van der Waals surface area contributed by atoms with Crippen molar-refractivity contribution in [1.82, 2.24) is 9.13 Å². The third-order valence-corrected chi connectivity index (χ3v) is 7.21. The van der Waals surface area contributed by atoms with Crippen molar-refractivity contribution in [3.05, 3.63) is 109 Å². The van der Waals surface area contributed by atoms with Crippen LogP contribution in [0.15, 0.2) is 109 Å². The van der Waals surface area contributed by atoms with Crippen molar-refractivity contribution < 1.29 is 0 Å². The fourth-order valence-electron chi connectivity index (χ4n) is 5.90. The number of rotatable bonds is 2. The summed E-state index contributed by atoms with van der Waals surface area (Å²) in [4.78, 5) is 0. The normalized spacial score (nSPS) is 18.9. The highest BCUT2D eigenvalue weighted by molar-refractivity contribution is 6.09. The van der Waals surface area contributed by atoms with Gasteiger partial charge in [0, 0.05) is 49.7 Å². The third kappa shape index (κ3) is 2.47. The van der Waals surface area contributed by atoms with Crippen LogP contribution in [0.4, 0.5) is 0 Å². The molecule has 4 aromatic carbocycles. The number of hydrogen-bond donors (Lipinski definition) is 0. The van der Waals surface area contributed by atoms with E-state index in [1.165, 1.54) is 43.6 Å². The third-order valence-electron chi connectivity index (χ3n) is 7.21. The zero-order valence-corrected chi connectivity index (χ0v) is 17.9. The van der Waals surface area contributed by atoms with E-state index in [0.29, 0.717) is 12.1 Å². The minimum absolute atomic E-state index is 0.332. The summed E-state index contributed by atoms with van der Waals surface area (Å²) in [5, 5.41) is 5.39. The van der Waals surface area contributed by atoms with E-state index in [1.54, 1.807) is 0 Å². The lowest BCUT2D eigenvalue weighted by Gasteiger charge is -2.29. The molecule has 0 spiro atoms. The highest BCUT2D eigenvalue weighted by atomic mass is 15.1. The van der Waals surface area contributed by atoms with Crippen molar-refractivity contribution in [2.24, 2.45) is 0 Å². The fraction of sp³-hybridized carbons (Fsp3) is 0.133. The average Bonchev–Trinajstić information content (AvgIpc) is 3.37. The Balaban J connectivity index is 1.42. The maximum absolute atomic E-state index is 2.59. The second kappa shape index (κ2) is 6.86. The Kier molecular flexibility index (Phi) is 3.83. The van der Waals surface area contributed by atoms with Crippen LogP contribution in [-0.2, 0) is 0 Å². The molecule has 0 aliphatic heterocycles. The standard InChI is InChI=1S/C30H24N2/c1-5-16-27-23(12-1)24-13-2-6-17-28(24)31(27)21-10-9-11-22(20-21)32-29-18-7-3-14-25(29)26-15-4-8-19-30(26)32/h1-10,12-19,21-22H,11,20H2/t21?,22-/m1/s1. The van der Waals surface area contributed by atoms with E-state index >= 15 is 0 Å². The summed E-state index contributed by atoms with van der Waals surface area (Å²) in [6.07, 6.45) is 6.97. The molecule has 0 fully saturated rings. The number of fused-ring (bicyclic) bond motifs is 6. The summed E-state index contributed by atoms with van der Waals surface area (Å²) in [5.41, 5.74) is 5.34. The minimum Gasteiger partial charge on any atom is -0.337 e. The zero-order valence-electron chi connectivity index (χ0n) is 17.9. The Morgan fingerprint density at radius 2 is 0.906 bits per heavy atom. The number of nitrogens with zero attached hydrogens (tertiary/aromatic N) is 2. The van der Waals surface area contributed by atoms with E-state index in [4.69, 9.17) is 0 Å². The maximum Gasteiger partial charge on any atom is 0.0542 e. The molecule has 2 atom stereocenters. The first-order chi connectivity index (χ1) is 15.9. The van der Waals surface area contributed by atoms with Gasteiger partial charge in [-0.05, 0) is 37.1 Å². The van der Waals surface area contributed by atoms with Gasteiger partial charge in [0.1, 0.15) is 0 Å². The predicted octanol–water partition coefficient (Wildman–Crippen LogP) is 8.03. The molecule has 1 unspecified atom stereocenters. The monoisotopic (exact) mass is 412 g/mol. The molecule has 0 saturated heterocycles. The molecule has 0 bridgehead atoms. The van der Waals surface area contributed by atoms with Crippen LogP contribution < -0.4 is 0 Å². The molecule has 154 valence electrons. The summed E-state index contributed by atoms with van der Waals surface area (Å²) in [7, 11) is 0. The van der Waals surface area contributed by atoms with Gasteiger partial charge in [-0.25, -0.2) is 0 Å². The topological polar surface area (TPSA) is 9.86 Å². The lowest BCUT2D eigenvalue weighted by atomic mass is 9.96. The van der Waals surface area contributed by atoms with Gasteiger partial charge in [0.25, 0.3) is 0 Å². The number of aromatic nitrogens is 2. The molecule has 6 aromatic rings. The van der Waals surface area contributed by atoms with Gasteiger partial charge in [0.15, 0.2) is 0 Å². The molecule has 2 nitrogen and oxygen atoms in total. The smallest absolute Gasteiger partial charge is 0.0542 e. The van der Waals surface area contributed by atoms with Crippen LogP contribution in [0.2, 0.25) is 0 Å². The van der Waals surface area contributed by atoms with Crippen molar-refractivity contribution in [3.8, 4) is 0 Å². The van der Waals surface area contributed by atoms with Crippen LogP contribution in [0.25, 0.3) is 43.6 Å². The molecule has 7 rings (SSSR count). The molecule has 1 aliphatic rings. The van der Waals surface area contributed by atoms with Gasteiger partial charge in [-0.15, -0.1) is 0 Å². The van der Waals surface area contributed by atoms with Gasteiger partial charge in [-0.3, -0.25) is 0 Å². The molecule has 2 aromatic heterocycles. The van der Waals surface area contributed by atoms with E-state index in [9.17, 15) is 0 Å². The summed E-state index contributed by atoms with van der Waals surface area (Å²) in [5.74, 6) is 0. The first kappa shape index (κ1) is 17.9. The largest absolute Gasteiger partial charge is 0.337 e. The van der Waals surface area contributed by atoms with Gasteiger partial charge in [-0.2, -0.15) is 0 Å². The van der Waals surface area contributed by atoms with Crippen LogP contribution in [0, 0.1) is 0 Å². The molecule has 32 heavy (non-hydrogen) atoms. The number of benzene rings is 4. The average molecular weight is 413 g/mol. The Bertz CT molecular complexity index is 1540. The number of hydrogen-bond acceptors (Lipinski definition) is 0. The van der Waals surface area contributed by atoms with Crippen LogP contribution in [0.3, 0.4) is 0 Å². The first-order valence-electron chi connectivity index (χ1n) is 11.5. The van der Waals surface area contributed by atoms with Crippen molar-refractivity contribution in [3.63, 3.8) is 0 Å². The summed E-state index contributed by atoms with van der Waals surface area (Å²) < 4.78 is 5.15. The van der Waals surface area contributed by atoms with E-state index in [2.05, 4.69) is 118 Å². The van der Waals surface area contributed by atoms with Crippen LogP contribution in [0.5, 0.6) is 0 Å². The van der Waals surface area contributed by atoms with Gasteiger partial charge < -0.3 is 9.13 Å². The second-order valence-electron chi connectivity index (χ2n) is 8.93. The van der Waals surface area contributed by atoms with Gasteiger partial charge in [0.2, 0.25) is 0 Å². The van der Waals surface area contributed by atoms with Crippen molar-refractivity contribution >= 4 is 43.6 Å². The lowest BCUT2D eigenvalue weighted by Crippen LogP contribution is -2.18. The van der Waals surface area contributed by atoms with E-state index in [-0.39, 0.29) is 0 Å². The highest BCUT2D eigenvalue weighted by Gasteiger charge is 2.25. The van der Waals surface area contributed by atoms with Crippen molar-refractivity contribution in [2.45, 2.75) is 24.9 Å². The lowest BCUT2D eigenvalue weighted by molar-refractivity contribution is 0.410. The zero-order chi connectivity index (χ0) is 21.1. The van der Waals surface area contributed by atoms with E-state index in [1.807, 2.05) is 0 Å². The minimum atomic E-state index is 0.332. The summed E-state index contributed by atoms with van der Waals surface area (Å²) >= 11 is 0. The van der Waals surface area contributed by atoms with Crippen LogP contribution >= 0.6 is 0 Å². The summed E-state index contributed by atoms with van der Waals surface area (Å²) in [6.45, 7) is 0. The van der Waals surface area contributed by atoms with Crippen LogP contribution in [-0.4, -0.2) is 9.13 Å². The molecule has 0 radical (unpaired) electrons. The molecular formula is C30H24N2. The molecule has 0 N–H and O–H groups in total. The first-order valence-corrected chi connectivity index (χ1v) is 11.5. The van der Waals surface area contributed by atoms with Crippen molar-refractivity contribution in [1.29, 1.82) is 0 Å². The maximum atomic E-state index is 2.59.